The number of alkyl halides is 3. The number of ether oxygens (including phenoxy) is 1. The molecule has 1 aromatic rings. The molecule has 0 heterocycles. The third-order valence-electron chi connectivity index (χ3n) is 1.75. The van der Waals surface area contributed by atoms with E-state index in [1.807, 2.05) is 0 Å². The Balaban J connectivity index is 2.81. The maximum atomic E-state index is 12.0. The molecule has 0 aromatic heterocycles. The summed E-state index contributed by atoms with van der Waals surface area (Å²) in [5, 5.41) is 1.82. The predicted molar refractivity (Wildman–Crippen MR) is 57.3 cm³/mol. The fourth-order valence-corrected chi connectivity index (χ4v) is 1.29. The summed E-state index contributed by atoms with van der Waals surface area (Å²) in [4.78, 5) is 10.6. The van der Waals surface area contributed by atoms with Crippen LogP contribution in [-0.2, 0) is 4.79 Å². The third-order valence-corrected chi connectivity index (χ3v) is 2.04. The highest BCUT2D eigenvalue weighted by Gasteiger charge is 2.38. The van der Waals surface area contributed by atoms with Crippen molar-refractivity contribution in [2.75, 3.05) is 11.9 Å². The number of halogens is 4. The lowest BCUT2D eigenvalue weighted by Crippen LogP contribution is -2.29. The molecule has 0 atom stereocenters. The second-order valence-electron chi connectivity index (χ2n) is 3.03. The first kappa shape index (κ1) is 13.6. The van der Waals surface area contributed by atoms with Crippen molar-refractivity contribution in [3.63, 3.8) is 0 Å². The van der Waals surface area contributed by atoms with Crippen molar-refractivity contribution in [3.05, 3.63) is 23.2 Å². The monoisotopic (exact) mass is 267 g/mol. The molecule has 0 spiro atoms. The van der Waals surface area contributed by atoms with Crippen molar-refractivity contribution in [2.24, 2.45) is 0 Å². The van der Waals surface area contributed by atoms with E-state index in [2.05, 4.69) is 0 Å². The van der Waals surface area contributed by atoms with Crippen molar-refractivity contribution >= 4 is 23.2 Å². The zero-order chi connectivity index (χ0) is 13.1. The summed E-state index contributed by atoms with van der Waals surface area (Å²) in [6.45, 7) is 2.13. The highest BCUT2D eigenvalue weighted by molar-refractivity contribution is 6.32. The Labute approximate surface area is 101 Å². The molecule has 0 aliphatic carbocycles. The summed E-state index contributed by atoms with van der Waals surface area (Å²) in [5.74, 6) is -1.70. The van der Waals surface area contributed by atoms with E-state index in [9.17, 15) is 18.0 Å². The Morgan fingerprint density at radius 1 is 1.47 bits per heavy atom. The van der Waals surface area contributed by atoms with E-state index in [1.54, 1.807) is 12.2 Å². The van der Waals surface area contributed by atoms with Crippen molar-refractivity contribution in [3.8, 4) is 5.75 Å². The molecule has 3 nitrogen and oxygen atoms in total. The van der Waals surface area contributed by atoms with Crippen molar-refractivity contribution in [1.82, 2.24) is 0 Å². The minimum absolute atomic E-state index is 0.0409. The van der Waals surface area contributed by atoms with Crippen LogP contribution < -0.4 is 10.1 Å². The van der Waals surface area contributed by atoms with Crippen LogP contribution >= 0.6 is 11.6 Å². The number of anilines is 1. The number of carbonyl (C=O) groups excluding carboxylic acids is 1. The summed E-state index contributed by atoms with van der Waals surface area (Å²) in [6.07, 6.45) is -4.93. The molecule has 1 rings (SSSR count). The molecular formula is C10H9ClF3NO2. The van der Waals surface area contributed by atoms with Gasteiger partial charge in [-0.25, -0.2) is 0 Å². The maximum absolute atomic E-state index is 12.0. The van der Waals surface area contributed by atoms with E-state index in [0.717, 1.165) is 0 Å². The van der Waals surface area contributed by atoms with E-state index >= 15 is 0 Å². The molecule has 0 saturated heterocycles. The lowest BCUT2D eigenvalue weighted by Gasteiger charge is -2.10. The first-order chi connectivity index (χ1) is 7.84. The zero-order valence-corrected chi connectivity index (χ0v) is 9.52. The lowest BCUT2D eigenvalue weighted by atomic mass is 10.3. The molecule has 0 bridgehead atoms. The molecule has 1 amide bonds. The van der Waals surface area contributed by atoms with E-state index in [1.165, 1.54) is 18.2 Å². The first-order valence-electron chi connectivity index (χ1n) is 4.65. The van der Waals surface area contributed by atoms with Crippen LogP contribution in [0.15, 0.2) is 18.2 Å². The van der Waals surface area contributed by atoms with Gasteiger partial charge in [0.25, 0.3) is 0 Å². The zero-order valence-electron chi connectivity index (χ0n) is 8.77. The van der Waals surface area contributed by atoms with Crippen LogP contribution in [0.5, 0.6) is 5.75 Å². The smallest absolute Gasteiger partial charge is 0.471 e. The second kappa shape index (κ2) is 5.27. The van der Waals surface area contributed by atoms with Gasteiger partial charge in [0.05, 0.1) is 11.6 Å². The predicted octanol–water partition coefficient (Wildman–Crippen LogP) is 3.24. The van der Waals surface area contributed by atoms with E-state index in [4.69, 9.17) is 16.3 Å². The summed E-state index contributed by atoms with van der Waals surface area (Å²) in [5.41, 5.74) is -0.0409. The number of benzene rings is 1. The molecule has 7 heteroatoms. The van der Waals surface area contributed by atoms with Gasteiger partial charge in [-0.2, -0.15) is 13.2 Å². The quantitative estimate of drug-likeness (QED) is 0.913. The van der Waals surface area contributed by atoms with Gasteiger partial charge < -0.3 is 10.1 Å². The molecular weight excluding hydrogens is 259 g/mol. The van der Waals surface area contributed by atoms with Gasteiger partial charge in [-0.3, -0.25) is 4.79 Å². The molecule has 94 valence electrons. The minimum atomic E-state index is -4.93. The van der Waals surface area contributed by atoms with Gasteiger partial charge in [-0.05, 0) is 25.1 Å². The van der Waals surface area contributed by atoms with Crippen LogP contribution in [0.2, 0.25) is 5.02 Å². The summed E-state index contributed by atoms with van der Waals surface area (Å²) in [7, 11) is 0. The van der Waals surface area contributed by atoms with Crippen molar-refractivity contribution < 1.29 is 22.7 Å². The van der Waals surface area contributed by atoms with Crippen LogP contribution in [-0.4, -0.2) is 18.7 Å². The van der Waals surface area contributed by atoms with Crippen LogP contribution in [0.1, 0.15) is 6.92 Å². The summed E-state index contributed by atoms with van der Waals surface area (Å²) in [6, 6.07) is 3.86. The van der Waals surface area contributed by atoms with E-state index in [0.29, 0.717) is 12.4 Å². The minimum Gasteiger partial charge on any atom is -0.492 e. The second-order valence-corrected chi connectivity index (χ2v) is 3.44. The number of rotatable bonds is 3. The van der Waals surface area contributed by atoms with Gasteiger partial charge in [0.15, 0.2) is 0 Å². The van der Waals surface area contributed by atoms with E-state index < -0.39 is 12.1 Å². The average molecular weight is 268 g/mol. The lowest BCUT2D eigenvalue weighted by molar-refractivity contribution is -0.167. The molecule has 0 radical (unpaired) electrons. The topological polar surface area (TPSA) is 38.3 Å². The number of hydrogen-bond acceptors (Lipinski definition) is 2. The number of nitrogens with one attached hydrogen (secondary N) is 1. The largest absolute Gasteiger partial charge is 0.492 e. The summed E-state index contributed by atoms with van der Waals surface area (Å²) >= 11 is 5.75. The van der Waals surface area contributed by atoms with Gasteiger partial charge in [-0.1, -0.05) is 11.6 Å². The molecule has 0 aliphatic heterocycles. The average Bonchev–Trinajstić information content (AvgIpc) is 2.21. The Bertz CT molecular complexity index is 421. The molecule has 1 aromatic carbocycles. The Morgan fingerprint density at radius 3 is 2.59 bits per heavy atom. The third kappa shape index (κ3) is 3.81. The van der Waals surface area contributed by atoms with Crippen LogP contribution in [0.25, 0.3) is 0 Å². The molecule has 17 heavy (non-hydrogen) atoms. The Morgan fingerprint density at radius 2 is 2.12 bits per heavy atom. The van der Waals surface area contributed by atoms with Gasteiger partial charge in [0.1, 0.15) is 5.75 Å². The normalized spacial score (nSPS) is 11.1. The molecule has 0 saturated carbocycles. The standard InChI is InChI=1S/C10H9ClF3NO2/c1-2-17-8-4-3-6(5-7(8)11)15-9(16)10(12,13)14/h3-5H,2H2,1H3,(H,15,16). The maximum Gasteiger partial charge on any atom is 0.471 e. The SMILES string of the molecule is CCOc1ccc(NC(=O)C(F)(F)F)cc1Cl. The number of amides is 1. The van der Waals surface area contributed by atoms with Crippen LogP contribution in [0, 0.1) is 0 Å². The highest BCUT2D eigenvalue weighted by Crippen LogP contribution is 2.28. The number of hydrogen-bond donors (Lipinski definition) is 1. The highest BCUT2D eigenvalue weighted by atomic mass is 35.5. The molecule has 1 N–H and O–H groups in total. The van der Waals surface area contributed by atoms with Crippen LogP contribution in [0.4, 0.5) is 18.9 Å². The van der Waals surface area contributed by atoms with Crippen molar-refractivity contribution in [2.45, 2.75) is 13.1 Å². The number of carbonyl (C=O) groups is 1. The Hall–Kier alpha value is -1.43. The van der Waals surface area contributed by atoms with Crippen LogP contribution in [0.3, 0.4) is 0 Å². The van der Waals surface area contributed by atoms with Gasteiger partial charge in [-0.15, -0.1) is 0 Å². The molecule has 0 aliphatic rings. The Kier molecular flexibility index (Phi) is 4.22. The van der Waals surface area contributed by atoms with Crippen molar-refractivity contribution in [1.29, 1.82) is 0 Å². The first-order valence-corrected chi connectivity index (χ1v) is 5.03. The van der Waals surface area contributed by atoms with Gasteiger partial charge in [0.2, 0.25) is 0 Å². The fraction of sp³-hybridized carbons (Fsp3) is 0.300. The van der Waals surface area contributed by atoms with Gasteiger partial charge in [0, 0.05) is 5.69 Å². The van der Waals surface area contributed by atoms with Gasteiger partial charge >= 0.3 is 12.1 Å². The molecule has 0 fully saturated rings. The van der Waals surface area contributed by atoms with E-state index in [-0.39, 0.29) is 10.7 Å². The summed E-state index contributed by atoms with van der Waals surface area (Å²) < 4.78 is 41.0. The molecule has 0 unspecified atom stereocenters. The fourth-order valence-electron chi connectivity index (χ4n) is 1.05.